The number of benzene rings is 1. The van der Waals surface area contributed by atoms with Gasteiger partial charge in [-0.3, -0.25) is 14.3 Å². The van der Waals surface area contributed by atoms with Crippen molar-refractivity contribution in [3.05, 3.63) is 40.0 Å². The summed E-state index contributed by atoms with van der Waals surface area (Å²) in [7, 11) is 1.73. The van der Waals surface area contributed by atoms with Crippen LogP contribution in [0.25, 0.3) is 11.3 Å². The highest BCUT2D eigenvalue weighted by Gasteiger charge is 2.23. The van der Waals surface area contributed by atoms with E-state index < -0.39 is 5.91 Å². The molecule has 24 heavy (non-hydrogen) atoms. The number of nitrogens with zero attached hydrogens (tertiary/aromatic N) is 2. The van der Waals surface area contributed by atoms with Crippen LogP contribution in [0.5, 0.6) is 0 Å². The van der Waals surface area contributed by atoms with Gasteiger partial charge in [-0.15, -0.1) is 0 Å². The zero-order valence-electron chi connectivity index (χ0n) is 13.0. The molecule has 2 aromatic rings. The van der Waals surface area contributed by atoms with Crippen molar-refractivity contribution in [2.75, 3.05) is 6.54 Å². The first-order valence-corrected chi connectivity index (χ1v) is 8.26. The van der Waals surface area contributed by atoms with Crippen LogP contribution in [0.3, 0.4) is 0 Å². The molecule has 6 nitrogen and oxygen atoms in total. The summed E-state index contributed by atoms with van der Waals surface area (Å²) >= 11 is 11.9. The average Bonchev–Trinajstić information content (AvgIpc) is 3.27. The van der Waals surface area contributed by atoms with Crippen LogP contribution in [-0.4, -0.2) is 34.2 Å². The van der Waals surface area contributed by atoms with E-state index in [0.717, 1.165) is 24.1 Å². The molecule has 0 atom stereocenters. The molecule has 1 aliphatic carbocycles. The Kier molecular flexibility index (Phi) is 4.78. The Balaban J connectivity index is 1.69. The van der Waals surface area contributed by atoms with E-state index in [1.165, 1.54) is 0 Å². The van der Waals surface area contributed by atoms with Gasteiger partial charge in [0.05, 0.1) is 22.3 Å². The lowest BCUT2D eigenvalue weighted by Gasteiger charge is -2.03. The summed E-state index contributed by atoms with van der Waals surface area (Å²) in [5.41, 5.74) is 1.75. The maximum Gasteiger partial charge on any atom is 0.272 e. The highest BCUT2D eigenvalue weighted by molar-refractivity contribution is 6.42. The quantitative estimate of drug-likeness (QED) is 0.852. The van der Waals surface area contributed by atoms with Crippen LogP contribution in [0.2, 0.25) is 10.0 Å². The van der Waals surface area contributed by atoms with Gasteiger partial charge in [-0.05, 0) is 31.0 Å². The average molecular weight is 367 g/mol. The summed E-state index contributed by atoms with van der Waals surface area (Å²) in [6.07, 6.45) is 2.01. The van der Waals surface area contributed by atoms with Crippen molar-refractivity contribution in [1.29, 1.82) is 0 Å². The molecule has 0 saturated heterocycles. The molecule has 1 saturated carbocycles. The van der Waals surface area contributed by atoms with Crippen LogP contribution in [0.15, 0.2) is 24.3 Å². The minimum absolute atomic E-state index is 0.0615. The maximum absolute atomic E-state index is 12.2. The van der Waals surface area contributed by atoms with Crippen LogP contribution in [0, 0.1) is 0 Å². The maximum atomic E-state index is 12.2. The fourth-order valence-corrected chi connectivity index (χ4v) is 2.56. The minimum atomic E-state index is -0.400. The van der Waals surface area contributed by atoms with Crippen LogP contribution in [-0.2, 0) is 11.8 Å². The van der Waals surface area contributed by atoms with E-state index in [1.807, 2.05) is 0 Å². The van der Waals surface area contributed by atoms with Crippen molar-refractivity contribution < 1.29 is 9.59 Å². The van der Waals surface area contributed by atoms with E-state index in [-0.39, 0.29) is 24.2 Å². The lowest BCUT2D eigenvalue weighted by molar-refractivity contribution is -0.120. The smallest absolute Gasteiger partial charge is 0.272 e. The van der Waals surface area contributed by atoms with Gasteiger partial charge in [-0.2, -0.15) is 5.10 Å². The third kappa shape index (κ3) is 3.88. The molecule has 0 bridgehead atoms. The lowest BCUT2D eigenvalue weighted by atomic mass is 10.1. The molecule has 1 fully saturated rings. The molecular formula is C16H16Cl2N4O2. The Morgan fingerprint density at radius 1 is 1.25 bits per heavy atom. The van der Waals surface area contributed by atoms with Gasteiger partial charge in [0.15, 0.2) is 5.69 Å². The Hall–Kier alpha value is -2.05. The first-order valence-electron chi connectivity index (χ1n) is 7.51. The molecule has 8 heteroatoms. The molecule has 3 rings (SSSR count). The second kappa shape index (κ2) is 6.83. The Morgan fingerprint density at radius 3 is 2.67 bits per heavy atom. The molecule has 0 spiro atoms. The fourth-order valence-electron chi connectivity index (χ4n) is 2.26. The van der Waals surface area contributed by atoms with E-state index in [0.29, 0.717) is 10.0 Å². The van der Waals surface area contributed by atoms with Crippen molar-refractivity contribution in [3.8, 4) is 11.3 Å². The van der Waals surface area contributed by atoms with Gasteiger partial charge in [0.2, 0.25) is 5.91 Å². The molecule has 1 aromatic heterocycles. The number of nitrogens with one attached hydrogen (secondary N) is 2. The number of hydrogen-bond acceptors (Lipinski definition) is 3. The fraction of sp³-hybridized carbons (Fsp3) is 0.312. The molecule has 2 N–H and O–H groups in total. The monoisotopic (exact) mass is 366 g/mol. The molecule has 126 valence electrons. The summed E-state index contributed by atoms with van der Waals surface area (Å²) in [5.74, 6) is -0.589. The van der Waals surface area contributed by atoms with Crippen molar-refractivity contribution in [2.24, 2.45) is 7.05 Å². The number of rotatable bonds is 5. The molecule has 0 aliphatic heterocycles. The van der Waals surface area contributed by atoms with Crippen molar-refractivity contribution in [1.82, 2.24) is 20.4 Å². The number of carbonyl (C=O) groups excluding carboxylic acids is 2. The summed E-state index contributed by atoms with van der Waals surface area (Å²) in [5, 5.41) is 10.5. The minimum Gasteiger partial charge on any atom is -0.352 e. The zero-order chi connectivity index (χ0) is 17.3. The van der Waals surface area contributed by atoms with Crippen LogP contribution < -0.4 is 10.6 Å². The SMILES string of the molecule is Cn1nc(C(=O)NCC(=O)NC2CC2)cc1-c1ccc(Cl)c(Cl)c1. The normalized spacial score (nSPS) is 13.6. The summed E-state index contributed by atoms with van der Waals surface area (Å²) in [6.45, 7) is -0.0615. The third-order valence-electron chi connectivity index (χ3n) is 3.68. The Labute approximate surface area is 149 Å². The van der Waals surface area contributed by atoms with Gasteiger partial charge in [0.25, 0.3) is 5.91 Å². The summed E-state index contributed by atoms with van der Waals surface area (Å²) in [4.78, 5) is 23.8. The van der Waals surface area contributed by atoms with Crippen molar-refractivity contribution >= 4 is 35.0 Å². The van der Waals surface area contributed by atoms with Crippen molar-refractivity contribution in [2.45, 2.75) is 18.9 Å². The number of halogens is 2. The molecule has 2 amide bonds. The van der Waals surface area contributed by atoms with E-state index in [4.69, 9.17) is 23.2 Å². The topological polar surface area (TPSA) is 76.0 Å². The van der Waals surface area contributed by atoms with Crippen molar-refractivity contribution in [3.63, 3.8) is 0 Å². The van der Waals surface area contributed by atoms with Crippen LogP contribution in [0.1, 0.15) is 23.3 Å². The highest BCUT2D eigenvalue weighted by Crippen LogP contribution is 2.28. The molecule has 0 unspecified atom stereocenters. The van der Waals surface area contributed by atoms with Gasteiger partial charge < -0.3 is 10.6 Å². The van der Waals surface area contributed by atoms with E-state index in [9.17, 15) is 9.59 Å². The summed E-state index contributed by atoms with van der Waals surface area (Å²) in [6, 6.07) is 7.12. The first kappa shape index (κ1) is 16.8. The van der Waals surface area contributed by atoms with Crippen LogP contribution >= 0.6 is 23.2 Å². The number of aromatic nitrogens is 2. The highest BCUT2D eigenvalue weighted by atomic mass is 35.5. The molecule has 1 aromatic carbocycles. The molecule has 0 radical (unpaired) electrons. The number of carbonyl (C=O) groups is 2. The standard InChI is InChI=1S/C16H16Cl2N4O2/c1-22-14(9-2-5-11(17)12(18)6-9)7-13(21-22)16(24)19-8-15(23)20-10-3-4-10/h2,5-7,10H,3-4,8H2,1H3,(H,19,24)(H,20,23). The molecular weight excluding hydrogens is 351 g/mol. The van der Waals surface area contributed by atoms with E-state index in [2.05, 4.69) is 15.7 Å². The number of hydrogen-bond donors (Lipinski definition) is 2. The zero-order valence-corrected chi connectivity index (χ0v) is 14.5. The largest absolute Gasteiger partial charge is 0.352 e. The lowest BCUT2D eigenvalue weighted by Crippen LogP contribution is -2.38. The second-order valence-corrected chi connectivity index (χ2v) is 6.51. The third-order valence-corrected chi connectivity index (χ3v) is 4.42. The first-order chi connectivity index (χ1) is 11.4. The predicted octanol–water partition coefficient (Wildman–Crippen LogP) is 2.40. The van der Waals surface area contributed by atoms with Gasteiger partial charge in [0.1, 0.15) is 0 Å². The van der Waals surface area contributed by atoms with Gasteiger partial charge in [-0.1, -0.05) is 29.3 Å². The van der Waals surface area contributed by atoms with Gasteiger partial charge in [-0.25, -0.2) is 0 Å². The molecule has 1 aliphatic rings. The van der Waals surface area contributed by atoms with Gasteiger partial charge in [0, 0.05) is 18.7 Å². The number of aryl methyl sites for hydroxylation is 1. The van der Waals surface area contributed by atoms with Gasteiger partial charge >= 0.3 is 0 Å². The Morgan fingerprint density at radius 2 is 2.00 bits per heavy atom. The second-order valence-electron chi connectivity index (χ2n) is 5.69. The van der Waals surface area contributed by atoms with E-state index >= 15 is 0 Å². The Bertz CT molecular complexity index is 799. The van der Waals surface area contributed by atoms with Crippen LogP contribution in [0.4, 0.5) is 0 Å². The van der Waals surface area contributed by atoms with E-state index in [1.54, 1.807) is 36.0 Å². The molecule has 1 heterocycles. The predicted molar refractivity (Wildman–Crippen MR) is 92.2 cm³/mol. The number of amides is 2. The summed E-state index contributed by atoms with van der Waals surface area (Å²) < 4.78 is 1.58.